The first kappa shape index (κ1) is 21.0. The van der Waals surface area contributed by atoms with E-state index in [1.165, 1.54) is 17.5 Å². The van der Waals surface area contributed by atoms with E-state index in [4.69, 9.17) is 0 Å². The van der Waals surface area contributed by atoms with Crippen molar-refractivity contribution in [2.24, 2.45) is 0 Å². The van der Waals surface area contributed by atoms with Crippen molar-refractivity contribution in [1.29, 1.82) is 0 Å². The molecule has 4 rings (SSSR count). The molecular weight excluding hydrogens is 434 g/mol. The maximum Gasteiger partial charge on any atom is 0.270 e. The molecule has 0 aliphatic carbocycles. The van der Waals surface area contributed by atoms with E-state index in [1.54, 1.807) is 24.5 Å². The monoisotopic (exact) mass is 453 g/mol. The zero-order valence-electron chi connectivity index (χ0n) is 16.5. The number of thiol groups is 1. The van der Waals surface area contributed by atoms with Crippen LogP contribution in [0.25, 0.3) is 10.9 Å². The second-order valence-corrected chi connectivity index (χ2v) is 8.84. The van der Waals surface area contributed by atoms with Gasteiger partial charge in [-0.1, -0.05) is 30.3 Å². The van der Waals surface area contributed by atoms with Gasteiger partial charge in [-0.05, 0) is 24.6 Å². The highest BCUT2D eigenvalue weighted by atomic mass is 32.2. The molecule has 1 aromatic carbocycles. The Morgan fingerprint density at radius 3 is 2.61 bits per heavy atom. The number of rotatable bonds is 7. The highest BCUT2D eigenvalue weighted by Gasteiger charge is 2.19. The van der Waals surface area contributed by atoms with Crippen LogP contribution < -0.4 is 10.0 Å². The quantitative estimate of drug-likeness (QED) is 0.371. The molecule has 1 atom stereocenters. The molecule has 0 saturated heterocycles. The van der Waals surface area contributed by atoms with Gasteiger partial charge >= 0.3 is 0 Å². The zero-order valence-corrected chi connectivity index (χ0v) is 18.2. The summed E-state index contributed by atoms with van der Waals surface area (Å²) in [5.41, 5.74) is 2.25. The van der Waals surface area contributed by atoms with Crippen molar-refractivity contribution in [1.82, 2.24) is 25.0 Å². The number of benzene rings is 1. The van der Waals surface area contributed by atoms with Crippen molar-refractivity contribution >= 4 is 39.0 Å². The van der Waals surface area contributed by atoms with Gasteiger partial charge in [0.1, 0.15) is 5.69 Å². The summed E-state index contributed by atoms with van der Waals surface area (Å²) in [5, 5.41) is 4.65. The SMILES string of the molecule is Cc1ncc(CNC(=O)c2ccc(C(N[SH](=O)=O)c3cccc4cccnc34)cn2)s1. The van der Waals surface area contributed by atoms with Crippen molar-refractivity contribution in [3.63, 3.8) is 0 Å². The van der Waals surface area contributed by atoms with E-state index in [-0.39, 0.29) is 11.6 Å². The predicted molar refractivity (Wildman–Crippen MR) is 119 cm³/mol. The molecule has 4 aromatic rings. The van der Waals surface area contributed by atoms with Gasteiger partial charge in [-0.2, -0.15) is 0 Å². The standard InChI is InChI=1S/C21H19N5O3S2/c1-13-23-11-16(30-13)12-25-21(27)18-8-7-15(10-24-18)20(26-31(28)29)17-6-2-4-14-5-3-9-22-19(14)17/h2-11,20,31H,12H2,1H3,(H,25,27)(H,26,28,29). The second-order valence-electron chi connectivity index (χ2n) is 6.75. The number of fused-ring (bicyclic) bond motifs is 1. The van der Waals surface area contributed by atoms with Gasteiger partial charge in [-0.25, -0.2) is 18.1 Å². The molecule has 0 aliphatic rings. The average molecular weight is 454 g/mol. The van der Waals surface area contributed by atoms with Gasteiger partial charge in [-0.15, -0.1) is 11.3 Å². The fraction of sp³-hybridized carbons (Fsp3) is 0.143. The highest BCUT2D eigenvalue weighted by Crippen LogP contribution is 2.27. The van der Waals surface area contributed by atoms with Crippen LogP contribution in [0.5, 0.6) is 0 Å². The smallest absolute Gasteiger partial charge is 0.270 e. The van der Waals surface area contributed by atoms with E-state index in [1.807, 2.05) is 37.3 Å². The molecule has 1 amide bonds. The molecule has 0 bridgehead atoms. The number of hydrogen-bond donors (Lipinski definition) is 3. The summed E-state index contributed by atoms with van der Waals surface area (Å²) in [5.74, 6) is -0.316. The molecule has 0 radical (unpaired) electrons. The van der Waals surface area contributed by atoms with Gasteiger partial charge in [-0.3, -0.25) is 14.8 Å². The topological polar surface area (TPSA) is 114 Å². The Hall–Kier alpha value is -3.21. The van der Waals surface area contributed by atoms with Gasteiger partial charge < -0.3 is 5.32 Å². The number of pyridine rings is 2. The fourth-order valence-corrected chi connectivity index (χ4v) is 4.48. The molecule has 10 heteroatoms. The van der Waals surface area contributed by atoms with Crippen molar-refractivity contribution in [2.75, 3.05) is 0 Å². The van der Waals surface area contributed by atoms with Crippen LogP contribution in [0.1, 0.15) is 37.5 Å². The summed E-state index contributed by atoms with van der Waals surface area (Å²) in [6.45, 7) is 2.28. The molecular formula is C21H19N5O3S2. The van der Waals surface area contributed by atoms with Gasteiger partial charge in [0.25, 0.3) is 5.91 Å². The predicted octanol–water partition coefficient (Wildman–Crippen LogP) is 2.53. The fourth-order valence-electron chi connectivity index (χ4n) is 3.25. The third-order valence-electron chi connectivity index (χ3n) is 4.65. The van der Waals surface area contributed by atoms with Crippen LogP contribution >= 0.6 is 11.3 Å². The molecule has 0 fully saturated rings. The molecule has 31 heavy (non-hydrogen) atoms. The number of carbonyl (C=O) groups is 1. The lowest BCUT2D eigenvalue weighted by atomic mass is 9.98. The van der Waals surface area contributed by atoms with Crippen molar-refractivity contribution in [3.05, 3.63) is 87.8 Å². The minimum absolute atomic E-state index is 0.242. The Balaban J connectivity index is 1.59. The normalized spacial score (nSPS) is 12.2. The van der Waals surface area contributed by atoms with E-state index in [2.05, 4.69) is 25.0 Å². The number of carbonyl (C=O) groups excluding carboxylic acids is 1. The van der Waals surface area contributed by atoms with Crippen molar-refractivity contribution in [2.45, 2.75) is 19.5 Å². The molecule has 2 N–H and O–H groups in total. The largest absolute Gasteiger partial charge is 0.346 e. The highest BCUT2D eigenvalue weighted by molar-refractivity contribution is 7.70. The summed E-state index contributed by atoms with van der Waals surface area (Å²) < 4.78 is 25.6. The average Bonchev–Trinajstić information content (AvgIpc) is 3.20. The van der Waals surface area contributed by atoms with Gasteiger partial charge in [0.05, 0.1) is 23.1 Å². The number of para-hydroxylation sites is 1. The van der Waals surface area contributed by atoms with E-state index >= 15 is 0 Å². The number of amides is 1. The zero-order chi connectivity index (χ0) is 21.8. The maximum absolute atomic E-state index is 12.4. The third kappa shape index (κ3) is 4.93. The van der Waals surface area contributed by atoms with E-state index in [0.717, 1.165) is 15.3 Å². The lowest BCUT2D eigenvalue weighted by Crippen LogP contribution is -2.24. The van der Waals surface area contributed by atoms with Crippen molar-refractivity contribution in [3.8, 4) is 0 Å². The summed E-state index contributed by atoms with van der Waals surface area (Å²) >= 11 is 1.52. The van der Waals surface area contributed by atoms with E-state index in [0.29, 0.717) is 23.2 Å². The first-order valence-corrected chi connectivity index (χ1v) is 11.4. The molecule has 8 nitrogen and oxygen atoms in total. The number of nitrogens with one attached hydrogen (secondary N) is 2. The Kier molecular flexibility index (Phi) is 6.31. The minimum Gasteiger partial charge on any atom is -0.346 e. The lowest BCUT2D eigenvalue weighted by Gasteiger charge is -2.18. The second kappa shape index (κ2) is 9.29. The molecule has 0 aliphatic heterocycles. The number of aromatic nitrogens is 3. The van der Waals surface area contributed by atoms with Crippen LogP contribution in [0, 0.1) is 6.92 Å². The minimum atomic E-state index is -2.88. The van der Waals surface area contributed by atoms with Gasteiger partial charge in [0, 0.05) is 34.4 Å². The summed E-state index contributed by atoms with van der Waals surface area (Å²) in [6.07, 6.45) is 4.90. The number of thiazole rings is 1. The first-order valence-electron chi connectivity index (χ1n) is 9.41. The molecule has 0 spiro atoms. The first-order chi connectivity index (χ1) is 15.0. The third-order valence-corrected chi connectivity index (χ3v) is 6.04. The molecule has 1 unspecified atom stereocenters. The molecule has 3 aromatic heterocycles. The van der Waals surface area contributed by atoms with Crippen LogP contribution in [0.3, 0.4) is 0 Å². The Bertz CT molecular complexity index is 1290. The van der Waals surface area contributed by atoms with Gasteiger partial charge in [0.2, 0.25) is 10.9 Å². The number of hydrogen-bond acceptors (Lipinski definition) is 7. The molecule has 158 valence electrons. The van der Waals surface area contributed by atoms with Crippen LogP contribution in [0.15, 0.2) is 61.1 Å². The Morgan fingerprint density at radius 2 is 1.90 bits per heavy atom. The van der Waals surface area contributed by atoms with Crippen molar-refractivity contribution < 1.29 is 13.2 Å². The Labute approximate surface area is 184 Å². The van der Waals surface area contributed by atoms with Gasteiger partial charge in [0.15, 0.2) is 0 Å². The van der Waals surface area contributed by atoms with E-state index in [9.17, 15) is 13.2 Å². The molecule has 3 heterocycles. The van der Waals surface area contributed by atoms with Crippen LogP contribution in [-0.2, 0) is 17.4 Å². The Morgan fingerprint density at radius 1 is 1.06 bits per heavy atom. The number of aryl methyl sites for hydroxylation is 1. The van der Waals surface area contributed by atoms with Crippen LogP contribution in [-0.4, -0.2) is 29.3 Å². The summed E-state index contributed by atoms with van der Waals surface area (Å²) in [7, 11) is -2.88. The molecule has 0 saturated carbocycles. The van der Waals surface area contributed by atoms with Crippen LogP contribution in [0.2, 0.25) is 0 Å². The maximum atomic E-state index is 12.4. The summed E-state index contributed by atoms with van der Waals surface area (Å²) in [6, 6.07) is 11.9. The number of nitrogens with zero attached hydrogens (tertiary/aromatic N) is 3. The lowest BCUT2D eigenvalue weighted by molar-refractivity contribution is 0.0946. The summed E-state index contributed by atoms with van der Waals surface area (Å²) in [4.78, 5) is 26.2. The van der Waals surface area contributed by atoms with E-state index < -0.39 is 16.9 Å². The van der Waals surface area contributed by atoms with Crippen LogP contribution in [0.4, 0.5) is 0 Å².